The summed E-state index contributed by atoms with van der Waals surface area (Å²) in [6, 6.07) is 37.8. The van der Waals surface area contributed by atoms with Crippen molar-refractivity contribution in [2.24, 2.45) is 5.92 Å². The van der Waals surface area contributed by atoms with Crippen molar-refractivity contribution in [3.05, 3.63) is 160 Å². The Morgan fingerprint density at radius 3 is 1.48 bits per heavy atom. The Hall–Kier alpha value is -5.33. The second-order valence-corrected chi connectivity index (χ2v) is 17.7. The summed E-state index contributed by atoms with van der Waals surface area (Å²) < 4.78 is 5.57. The van der Waals surface area contributed by atoms with Gasteiger partial charge in [-0.25, -0.2) is 0 Å². The van der Waals surface area contributed by atoms with Crippen LogP contribution >= 0.6 is 11.8 Å². The van der Waals surface area contributed by atoms with Gasteiger partial charge in [-0.1, -0.05) is 170 Å². The van der Waals surface area contributed by atoms with Crippen LogP contribution in [0, 0.1) is 5.92 Å². The maximum atomic E-state index is 13.5. The van der Waals surface area contributed by atoms with Gasteiger partial charge < -0.3 is 4.74 Å². The van der Waals surface area contributed by atoms with Crippen molar-refractivity contribution in [2.75, 3.05) is 0 Å². The number of thioether (sulfide) groups is 1. The normalized spacial score (nSPS) is 12.3. The predicted octanol–water partition coefficient (Wildman–Crippen LogP) is 14.4. The first kappa shape index (κ1) is 45.2. The molecule has 61 heavy (non-hydrogen) atoms. The standard InChI is InChI=1S/C55H60O5S/c1-5-7-8-9-10-11-12-13-14-15-16-40-17-21-42(22-18-40)53(57)49-29-26-47-37-51(32-31-46(47)35-49)61-55(59)50-30-27-44-34-48(28-25-45(44)36-50)54(58)43-23-19-41(20-24-43)33-52(56)60-39(4)38(3)6-2/h17-32,34-39H,5-16,33H2,1-4H3. The fourth-order valence-corrected chi connectivity index (χ4v) is 8.50. The fourth-order valence-electron chi connectivity index (χ4n) is 7.72. The molecule has 0 aliphatic carbocycles. The van der Waals surface area contributed by atoms with Gasteiger partial charge in [0, 0.05) is 32.7 Å². The van der Waals surface area contributed by atoms with Crippen molar-refractivity contribution in [3.63, 3.8) is 0 Å². The summed E-state index contributed by atoms with van der Waals surface area (Å²) in [7, 11) is 0. The van der Waals surface area contributed by atoms with E-state index < -0.39 is 0 Å². The van der Waals surface area contributed by atoms with Crippen LogP contribution in [-0.4, -0.2) is 28.8 Å². The highest BCUT2D eigenvalue weighted by molar-refractivity contribution is 8.14. The van der Waals surface area contributed by atoms with Crippen LogP contribution in [0.25, 0.3) is 21.5 Å². The number of ketones is 2. The Bertz CT molecular complexity index is 2430. The van der Waals surface area contributed by atoms with Gasteiger partial charge in [0.15, 0.2) is 11.6 Å². The first-order valence-corrected chi connectivity index (χ1v) is 23.2. The number of carbonyl (C=O) groups excluding carboxylic acids is 4. The highest BCUT2D eigenvalue weighted by atomic mass is 32.2. The van der Waals surface area contributed by atoms with E-state index >= 15 is 0 Å². The smallest absolute Gasteiger partial charge is 0.310 e. The minimum Gasteiger partial charge on any atom is -0.462 e. The minimum absolute atomic E-state index is 0.00501. The maximum absolute atomic E-state index is 13.5. The summed E-state index contributed by atoms with van der Waals surface area (Å²) in [5.74, 6) is -0.0930. The van der Waals surface area contributed by atoms with E-state index in [0.717, 1.165) is 44.8 Å². The van der Waals surface area contributed by atoms with E-state index in [1.54, 1.807) is 36.4 Å². The SMILES string of the molecule is CCCCCCCCCCCCc1ccc(C(=O)c2ccc3cc(SC(=O)c4ccc5cc(C(=O)c6ccc(CC(=O)OC(C)C(C)CC)cc6)ccc5c4)ccc3c2)cc1. The topological polar surface area (TPSA) is 77.5 Å². The number of fused-ring (bicyclic) bond motifs is 2. The third-order valence-electron chi connectivity index (χ3n) is 12.0. The number of ether oxygens (including phenoxy) is 1. The number of hydrogen-bond acceptors (Lipinski definition) is 6. The van der Waals surface area contributed by atoms with Gasteiger partial charge in [0.25, 0.3) is 0 Å². The average molecular weight is 833 g/mol. The predicted molar refractivity (Wildman–Crippen MR) is 252 cm³/mol. The molecular weight excluding hydrogens is 773 g/mol. The maximum Gasteiger partial charge on any atom is 0.310 e. The zero-order chi connectivity index (χ0) is 43.1. The van der Waals surface area contributed by atoms with Gasteiger partial charge in [-0.3, -0.25) is 19.2 Å². The van der Waals surface area contributed by atoms with Crippen LogP contribution in [0.5, 0.6) is 0 Å². The van der Waals surface area contributed by atoms with E-state index in [4.69, 9.17) is 4.74 Å². The lowest BCUT2D eigenvalue weighted by Gasteiger charge is -2.18. The van der Waals surface area contributed by atoms with E-state index in [2.05, 4.69) is 32.9 Å². The van der Waals surface area contributed by atoms with Crippen molar-refractivity contribution < 1.29 is 23.9 Å². The summed E-state index contributed by atoms with van der Waals surface area (Å²) in [5.41, 5.74) is 5.06. The molecule has 0 fully saturated rings. The van der Waals surface area contributed by atoms with E-state index in [9.17, 15) is 19.2 Å². The number of esters is 1. The van der Waals surface area contributed by atoms with Gasteiger partial charge in [0.05, 0.1) is 6.42 Å². The summed E-state index contributed by atoms with van der Waals surface area (Å²) in [4.78, 5) is 53.5. The van der Waals surface area contributed by atoms with E-state index in [-0.39, 0.29) is 35.2 Å². The van der Waals surface area contributed by atoms with E-state index in [1.807, 2.05) is 79.7 Å². The van der Waals surface area contributed by atoms with Crippen LogP contribution in [0.3, 0.4) is 0 Å². The molecule has 0 saturated heterocycles. The number of hydrogen-bond donors (Lipinski definition) is 0. The van der Waals surface area contributed by atoms with Gasteiger partial charge in [0.2, 0.25) is 5.12 Å². The minimum atomic E-state index is -0.274. The van der Waals surface area contributed by atoms with Gasteiger partial charge in [-0.15, -0.1) is 0 Å². The molecule has 0 spiro atoms. The monoisotopic (exact) mass is 832 g/mol. The molecule has 0 aliphatic heterocycles. The number of carbonyl (C=O) groups is 4. The molecule has 0 radical (unpaired) electrons. The van der Waals surface area contributed by atoms with Crippen molar-refractivity contribution in [1.29, 1.82) is 0 Å². The highest BCUT2D eigenvalue weighted by Crippen LogP contribution is 2.30. The molecule has 6 aromatic rings. The van der Waals surface area contributed by atoms with Crippen molar-refractivity contribution in [1.82, 2.24) is 0 Å². The molecule has 0 saturated carbocycles. The van der Waals surface area contributed by atoms with E-state index in [1.165, 1.54) is 81.5 Å². The molecular formula is C55H60O5S. The fraction of sp³-hybridized carbons (Fsp3) is 0.345. The molecule has 316 valence electrons. The highest BCUT2D eigenvalue weighted by Gasteiger charge is 2.17. The Morgan fingerprint density at radius 1 is 0.492 bits per heavy atom. The number of benzene rings is 6. The van der Waals surface area contributed by atoms with Gasteiger partial charge >= 0.3 is 5.97 Å². The largest absolute Gasteiger partial charge is 0.462 e. The Labute approximate surface area is 366 Å². The summed E-state index contributed by atoms with van der Waals surface area (Å²) >= 11 is 1.17. The Balaban J connectivity index is 0.996. The zero-order valence-corrected chi connectivity index (χ0v) is 37.2. The van der Waals surface area contributed by atoms with Crippen LogP contribution in [0.15, 0.2) is 126 Å². The molecule has 5 nitrogen and oxygen atoms in total. The third-order valence-corrected chi connectivity index (χ3v) is 12.9. The quantitative estimate of drug-likeness (QED) is 0.0293. The van der Waals surface area contributed by atoms with Gasteiger partial charge in [0.1, 0.15) is 6.10 Å². The molecule has 0 amide bonds. The van der Waals surface area contributed by atoms with Gasteiger partial charge in [-0.2, -0.15) is 0 Å². The number of unbranched alkanes of at least 4 members (excludes halogenated alkanes) is 9. The van der Waals surface area contributed by atoms with Crippen LogP contribution < -0.4 is 0 Å². The molecule has 0 bridgehead atoms. The van der Waals surface area contributed by atoms with Crippen molar-refractivity contribution >= 4 is 56.0 Å². The first-order chi connectivity index (χ1) is 29.6. The van der Waals surface area contributed by atoms with Crippen molar-refractivity contribution in [2.45, 2.75) is 122 Å². The Morgan fingerprint density at radius 2 is 0.934 bits per heavy atom. The second kappa shape index (κ2) is 22.5. The van der Waals surface area contributed by atoms with Crippen LogP contribution in [0.1, 0.15) is 152 Å². The van der Waals surface area contributed by atoms with Crippen LogP contribution in [0.2, 0.25) is 0 Å². The lowest BCUT2D eigenvalue weighted by atomic mass is 9.98. The number of aryl methyl sites for hydroxylation is 1. The molecule has 0 aliphatic rings. The zero-order valence-electron chi connectivity index (χ0n) is 36.3. The second-order valence-electron chi connectivity index (χ2n) is 16.6. The average Bonchev–Trinajstić information content (AvgIpc) is 3.28. The molecule has 0 N–H and O–H groups in total. The molecule has 0 heterocycles. The first-order valence-electron chi connectivity index (χ1n) is 22.4. The molecule has 0 aromatic heterocycles. The van der Waals surface area contributed by atoms with Gasteiger partial charge in [-0.05, 0) is 107 Å². The van der Waals surface area contributed by atoms with E-state index in [0.29, 0.717) is 33.7 Å². The van der Waals surface area contributed by atoms with Crippen molar-refractivity contribution in [3.8, 4) is 0 Å². The summed E-state index contributed by atoms with van der Waals surface area (Å²) in [6.45, 7) is 8.32. The summed E-state index contributed by atoms with van der Waals surface area (Å²) in [5, 5.41) is 3.55. The number of rotatable bonds is 22. The molecule has 2 unspecified atom stereocenters. The third kappa shape index (κ3) is 12.8. The van der Waals surface area contributed by atoms with Crippen LogP contribution in [0.4, 0.5) is 0 Å². The molecule has 6 rings (SSSR count). The van der Waals surface area contributed by atoms with Crippen LogP contribution in [-0.2, 0) is 22.4 Å². The Kier molecular flexibility index (Phi) is 16.7. The molecule has 6 aromatic carbocycles. The molecule has 2 atom stereocenters. The molecule has 6 heteroatoms. The summed E-state index contributed by atoms with van der Waals surface area (Å²) in [6.07, 6.45) is 15.3. The lowest BCUT2D eigenvalue weighted by Crippen LogP contribution is -2.22. The lowest BCUT2D eigenvalue weighted by molar-refractivity contribution is -0.149.